The zero-order valence-electron chi connectivity index (χ0n) is 10.8. The molecular formula is C15H23NO2. The van der Waals surface area contributed by atoms with E-state index in [-0.39, 0.29) is 0 Å². The van der Waals surface area contributed by atoms with E-state index in [0.29, 0.717) is 25.7 Å². The zero-order valence-corrected chi connectivity index (χ0v) is 10.8. The number of aliphatic hydroxyl groups is 1. The van der Waals surface area contributed by atoms with E-state index in [0.717, 1.165) is 25.7 Å². The Bertz CT molecular complexity index is 351. The van der Waals surface area contributed by atoms with Crippen LogP contribution < -0.4 is 5.73 Å². The molecular weight excluding hydrogens is 226 g/mol. The Morgan fingerprint density at radius 2 is 2.00 bits per heavy atom. The normalized spacial score (nSPS) is 18.6. The number of rotatable bonds is 8. The predicted molar refractivity (Wildman–Crippen MR) is 72.3 cm³/mol. The van der Waals surface area contributed by atoms with Gasteiger partial charge in [0.05, 0.1) is 6.61 Å². The molecule has 1 aromatic rings. The summed E-state index contributed by atoms with van der Waals surface area (Å²) in [6.07, 6.45) is 4.17. The van der Waals surface area contributed by atoms with Crippen molar-refractivity contribution in [1.82, 2.24) is 0 Å². The van der Waals surface area contributed by atoms with Gasteiger partial charge in [-0.25, -0.2) is 0 Å². The molecule has 0 aromatic heterocycles. The van der Waals surface area contributed by atoms with Gasteiger partial charge in [-0.3, -0.25) is 0 Å². The fourth-order valence-corrected chi connectivity index (χ4v) is 2.24. The van der Waals surface area contributed by atoms with Gasteiger partial charge in [0.25, 0.3) is 0 Å². The number of aryl methyl sites for hydroxylation is 1. The van der Waals surface area contributed by atoms with Gasteiger partial charge in [-0.2, -0.15) is 0 Å². The van der Waals surface area contributed by atoms with Crippen molar-refractivity contribution in [2.24, 2.45) is 11.7 Å². The van der Waals surface area contributed by atoms with E-state index in [9.17, 15) is 5.11 Å². The molecule has 0 heterocycles. The third-order valence-electron chi connectivity index (χ3n) is 3.64. The third kappa shape index (κ3) is 3.80. The summed E-state index contributed by atoms with van der Waals surface area (Å²) in [4.78, 5) is 0. The van der Waals surface area contributed by atoms with Gasteiger partial charge in [0, 0.05) is 13.2 Å². The monoisotopic (exact) mass is 249 g/mol. The maximum atomic E-state index is 10.2. The van der Waals surface area contributed by atoms with Crippen molar-refractivity contribution in [3.05, 3.63) is 35.9 Å². The van der Waals surface area contributed by atoms with Crippen molar-refractivity contribution in [2.45, 2.75) is 31.3 Å². The third-order valence-corrected chi connectivity index (χ3v) is 3.64. The maximum Gasteiger partial charge on any atom is 0.103 e. The Kier molecular flexibility index (Phi) is 4.75. The lowest BCUT2D eigenvalue weighted by Gasteiger charge is -2.26. The molecule has 3 heteroatoms. The van der Waals surface area contributed by atoms with E-state index in [4.69, 9.17) is 10.5 Å². The Morgan fingerprint density at radius 3 is 2.61 bits per heavy atom. The smallest absolute Gasteiger partial charge is 0.103 e. The van der Waals surface area contributed by atoms with Gasteiger partial charge < -0.3 is 15.6 Å². The summed E-state index contributed by atoms with van der Waals surface area (Å²) < 4.78 is 5.58. The first-order chi connectivity index (χ1) is 8.74. The van der Waals surface area contributed by atoms with Crippen LogP contribution in [-0.4, -0.2) is 30.5 Å². The van der Waals surface area contributed by atoms with Gasteiger partial charge in [-0.05, 0) is 37.2 Å². The van der Waals surface area contributed by atoms with Crippen LogP contribution in [0.3, 0.4) is 0 Å². The van der Waals surface area contributed by atoms with Gasteiger partial charge in [-0.15, -0.1) is 0 Å². The molecule has 1 unspecified atom stereocenters. The van der Waals surface area contributed by atoms with Crippen molar-refractivity contribution in [3.8, 4) is 0 Å². The van der Waals surface area contributed by atoms with Crippen LogP contribution in [0.4, 0.5) is 0 Å². The number of benzene rings is 1. The molecule has 1 fully saturated rings. The van der Waals surface area contributed by atoms with Gasteiger partial charge in [-0.1, -0.05) is 30.3 Å². The molecule has 0 saturated heterocycles. The molecule has 100 valence electrons. The molecule has 0 spiro atoms. The van der Waals surface area contributed by atoms with E-state index in [1.165, 1.54) is 5.56 Å². The summed E-state index contributed by atoms with van der Waals surface area (Å²) in [5.41, 5.74) is 6.17. The second-order valence-corrected chi connectivity index (χ2v) is 5.22. The average molecular weight is 249 g/mol. The summed E-state index contributed by atoms with van der Waals surface area (Å²) in [7, 11) is 0. The quantitative estimate of drug-likeness (QED) is 0.690. The Labute approximate surface area is 109 Å². The number of ether oxygens (including phenoxy) is 1. The zero-order chi connectivity index (χ0) is 12.8. The van der Waals surface area contributed by atoms with E-state index >= 15 is 0 Å². The number of hydrogen-bond acceptors (Lipinski definition) is 3. The van der Waals surface area contributed by atoms with Crippen LogP contribution in [0.15, 0.2) is 30.3 Å². The van der Waals surface area contributed by atoms with Gasteiger partial charge in [0.2, 0.25) is 0 Å². The van der Waals surface area contributed by atoms with Crippen molar-refractivity contribution < 1.29 is 9.84 Å². The second-order valence-electron chi connectivity index (χ2n) is 5.22. The van der Waals surface area contributed by atoms with Gasteiger partial charge in [0.1, 0.15) is 5.60 Å². The van der Waals surface area contributed by atoms with Crippen LogP contribution in [0, 0.1) is 5.92 Å². The Morgan fingerprint density at radius 1 is 1.28 bits per heavy atom. The highest BCUT2D eigenvalue weighted by Gasteiger charge is 2.42. The standard InChI is InChI=1S/C15H23NO2/c16-11-15(17,14-8-9-14)12-18-10-4-7-13-5-2-1-3-6-13/h1-3,5-6,14,17H,4,7-12,16H2. The minimum atomic E-state index is -0.785. The van der Waals surface area contributed by atoms with Crippen LogP contribution >= 0.6 is 0 Å². The first kappa shape index (κ1) is 13.5. The molecule has 1 aliphatic carbocycles. The summed E-state index contributed by atoms with van der Waals surface area (Å²) in [5, 5.41) is 10.2. The van der Waals surface area contributed by atoms with Crippen LogP contribution in [0.5, 0.6) is 0 Å². The van der Waals surface area contributed by atoms with E-state index in [1.807, 2.05) is 6.07 Å². The lowest BCUT2D eigenvalue weighted by atomic mass is 9.99. The first-order valence-electron chi connectivity index (χ1n) is 6.79. The molecule has 0 radical (unpaired) electrons. The van der Waals surface area contributed by atoms with Gasteiger partial charge >= 0.3 is 0 Å². The topological polar surface area (TPSA) is 55.5 Å². The van der Waals surface area contributed by atoms with Crippen LogP contribution in [0.25, 0.3) is 0 Å². The molecule has 1 saturated carbocycles. The molecule has 1 atom stereocenters. The molecule has 2 rings (SSSR count). The SMILES string of the molecule is NCC(O)(COCCCc1ccccc1)C1CC1. The minimum absolute atomic E-state index is 0.302. The molecule has 0 bridgehead atoms. The lowest BCUT2D eigenvalue weighted by Crippen LogP contribution is -2.44. The van der Waals surface area contributed by atoms with E-state index < -0.39 is 5.60 Å². The predicted octanol–water partition coefficient (Wildman–Crippen LogP) is 1.74. The lowest BCUT2D eigenvalue weighted by molar-refractivity contribution is -0.0551. The molecule has 3 nitrogen and oxygen atoms in total. The minimum Gasteiger partial charge on any atom is -0.386 e. The first-order valence-corrected chi connectivity index (χ1v) is 6.79. The van der Waals surface area contributed by atoms with Crippen molar-refractivity contribution in [1.29, 1.82) is 0 Å². The summed E-state index contributed by atoms with van der Waals surface area (Å²) in [6.45, 7) is 1.36. The van der Waals surface area contributed by atoms with E-state index in [1.54, 1.807) is 0 Å². The van der Waals surface area contributed by atoms with Crippen molar-refractivity contribution in [3.63, 3.8) is 0 Å². The van der Waals surface area contributed by atoms with Crippen LogP contribution in [0.2, 0.25) is 0 Å². The fourth-order valence-electron chi connectivity index (χ4n) is 2.24. The second kappa shape index (κ2) is 6.32. The Balaban J connectivity index is 1.61. The highest BCUT2D eigenvalue weighted by atomic mass is 16.5. The van der Waals surface area contributed by atoms with Gasteiger partial charge in [0.15, 0.2) is 0 Å². The highest BCUT2D eigenvalue weighted by Crippen LogP contribution is 2.39. The summed E-state index contributed by atoms with van der Waals surface area (Å²) >= 11 is 0. The van der Waals surface area contributed by atoms with Crippen molar-refractivity contribution in [2.75, 3.05) is 19.8 Å². The van der Waals surface area contributed by atoms with E-state index in [2.05, 4.69) is 24.3 Å². The highest BCUT2D eigenvalue weighted by molar-refractivity contribution is 5.14. The number of hydrogen-bond donors (Lipinski definition) is 2. The molecule has 1 aromatic carbocycles. The molecule has 0 amide bonds. The fraction of sp³-hybridized carbons (Fsp3) is 0.600. The van der Waals surface area contributed by atoms with Crippen molar-refractivity contribution >= 4 is 0 Å². The molecule has 0 aliphatic heterocycles. The largest absolute Gasteiger partial charge is 0.386 e. The maximum absolute atomic E-state index is 10.2. The average Bonchev–Trinajstić information content (AvgIpc) is 3.24. The molecule has 3 N–H and O–H groups in total. The Hall–Kier alpha value is -0.900. The number of nitrogens with two attached hydrogens (primary N) is 1. The van der Waals surface area contributed by atoms with Crippen LogP contribution in [0.1, 0.15) is 24.8 Å². The molecule has 18 heavy (non-hydrogen) atoms. The summed E-state index contributed by atoms with van der Waals surface area (Å²) in [5.74, 6) is 0.358. The summed E-state index contributed by atoms with van der Waals surface area (Å²) in [6, 6.07) is 10.4. The van der Waals surface area contributed by atoms with Crippen LogP contribution in [-0.2, 0) is 11.2 Å². The molecule has 1 aliphatic rings.